The molecule has 2 aromatic rings. The Labute approximate surface area is 132 Å². The van der Waals surface area contributed by atoms with Gasteiger partial charge in [-0.3, -0.25) is 0 Å². The lowest BCUT2D eigenvalue weighted by Crippen LogP contribution is -2.43. The normalized spacial score (nSPS) is 17.4. The first-order valence-corrected chi connectivity index (χ1v) is 8.04. The lowest BCUT2D eigenvalue weighted by atomic mass is 9.88. The molecule has 0 bridgehead atoms. The minimum Gasteiger partial charge on any atom is -0.389 e. The predicted octanol–water partition coefficient (Wildman–Crippen LogP) is 2.79. The Morgan fingerprint density at radius 2 is 2.05 bits per heavy atom. The van der Waals surface area contributed by atoms with E-state index in [2.05, 4.69) is 43.1 Å². The summed E-state index contributed by atoms with van der Waals surface area (Å²) in [6.45, 7) is 12.8. The largest absolute Gasteiger partial charge is 0.389 e. The van der Waals surface area contributed by atoms with Crippen molar-refractivity contribution in [2.75, 3.05) is 6.54 Å². The fraction of sp³-hybridized carbons (Fsp3) is 0.647. The minimum atomic E-state index is -0.712. The van der Waals surface area contributed by atoms with Crippen molar-refractivity contribution in [3.63, 3.8) is 0 Å². The van der Waals surface area contributed by atoms with Crippen molar-refractivity contribution >= 4 is 5.65 Å². The zero-order chi connectivity index (χ0) is 16.5. The van der Waals surface area contributed by atoms with Crippen LogP contribution in [0.2, 0.25) is 0 Å². The average Bonchev–Trinajstić information content (AvgIpc) is 2.85. The zero-order valence-corrected chi connectivity index (χ0v) is 14.5. The van der Waals surface area contributed by atoms with E-state index in [-0.39, 0.29) is 12.0 Å². The van der Waals surface area contributed by atoms with Crippen LogP contribution in [-0.4, -0.2) is 31.9 Å². The van der Waals surface area contributed by atoms with Gasteiger partial charge in [-0.1, -0.05) is 20.3 Å². The van der Waals surface area contributed by atoms with Gasteiger partial charge in [-0.15, -0.1) is 0 Å². The monoisotopic (exact) mass is 304 g/mol. The van der Waals surface area contributed by atoms with Gasteiger partial charge in [0, 0.05) is 36.1 Å². The molecule has 3 unspecified atom stereocenters. The molecule has 0 amide bonds. The SMILES string of the molecule is CCC(C)C(C)(O)CNC(C)c1cnc2cc(C)nn2c1C. The molecule has 2 aromatic heterocycles. The number of aliphatic hydroxyl groups is 1. The van der Waals surface area contributed by atoms with Crippen LogP contribution in [0.1, 0.15) is 57.1 Å². The Hall–Kier alpha value is -1.46. The standard InChI is InChI=1S/C17H28N4O/c1-7-11(2)17(6,22)10-19-13(4)15-9-18-16-8-12(3)20-21(16)14(15)5/h8-9,11,13,19,22H,7,10H2,1-6H3. The molecular formula is C17H28N4O. The van der Waals surface area contributed by atoms with Crippen molar-refractivity contribution in [2.45, 2.75) is 59.6 Å². The van der Waals surface area contributed by atoms with E-state index in [4.69, 9.17) is 0 Å². The van der Waals surface area contributed by atoms with Crippen LogP contribution < -0.4 is 5.32 Å². The molecule has 0 saturated heterocycles. The van der Waals surface area contributed by atoms with E-state index in [9.17, 15) is 5.11 Å². The molecule has 22 heavy (non-hydrogen) atoms. The highest BCUT2D eigenvalue weighted by molar-refractivity contribution is 5.42. The molecular weight excluding hydrogens is 276 g/mol. The lowest BCUT2D eigenvalue weighted by Gasteiger charge is -2.31. The minimum absolute atomic E-state index is 0.108. The Morgan fingerprint density at radius 1 is 1.36 bits per heavy atom. The molecule has 2 N–H and O–H groups in total. The fourth-order valence-electron chi connectivity index (χ4n) is 2.68. The van der Waals surface area contributed by atoms with Gasteiger partial charge < -0.3 is 10.4 Å². The first kappa shape index (κ1) is 16.9. The smallest absolute Gasteiger partial charge is 0.155 e. The summed E-state index contributed by atoms with van der Waals surface area (Å²) in [7, 11) is 0. The van der Waals surface area contributed by atoms with Gasteiger partial charge in [0.2, 0.25) is 0 Å². The number of rotatable bonds is 6. The number of fused-ring (bicyclic) bond motifs is 1. The second-order valence-corrected chi connectivity index (χ2v) is 6.62. The third kappa shape index (κ3) is 3.31. The van der Waals surface area contributed by atoms with E-state index < -0.39 is 5.60 Å². The first-order valence-electron chi connectivity index (χ1n) is 8.04. The van der Waals surface area contributed by atoms with Crippen LogP contribution in [0.4, 0.5) is 0 Å². The molecule has 0 radical (unpaired) electrons. The molecule has 0 aromatic carbocycles. The second-order valence-electron chi connectivity index (χ2n) is 6.62. The van der Waals surface area contributed by atoms with Crippen molar-refractivity contribution in [2.24, 2.45) is 5.92 Å². The summed E-state index contributed by atoms with van der Waals surface area (Å²) in [6.07, 6.45) is 2.86. The zero-order valence-electron chi connectivity index (χ0n) is 14.5. The Bertz CT molecular complexity index is 647. The highest BCUT2D eigenvalue weighted by Crippen LogP contribution is 2.22. The highest BCUT2D eigenvalue weighted by atomic mass is 16.3. The third-order valence-corrected chi connectivity index (χ3v) is 4.79. The Kier molecular flexibility index (Phi) is 4.87. The van der Waals surface area contributed by atoms with Crippen molar-refractivity contribution in [3.05, 3.63) is 29.2 Å². The topological polar surface area (TPSA) is 62.5 Å². The van der Waals surface area contributed by atoms with Crippen LogP contribution >= 0.6 is 0 Å². The summed E-state index contributed by atoms with van der Waals surface area (Å²) >= 11 is 0. The first-order chi connectivity index (χ1) is 10.3. The summed E-state index contributed by atoms with van der Waals surface area (Å²) in [5, 5.41) is 18.4. The number of aromatic nitrogens is 3. The van der Waals surface area contributed by atoms with Crippen molar-refractivity contribution in [3.8, 4) is 0 Å². The summed E-state index contributed by atoms with van der Waals surface area (Å²) in [6, 6.07) is 2.08. The van der Waals surface area contributed by atoms with E-state index in [1.54, 1.807) is 0 Å². The molecule has 2 heterocycles. The number of aryl methyl sites for hydroxylation is 2. The van der Waals surface area contributed by atoms with Crippen LogP contribution in [0, 0.1) is 19.8 Å². The lowest BCUT2D eigenvalue weighted by molar-refractivity contribution is 0.00361. The van der Waals surface area contributed by atoms with Gasteiger partial charge in [0.05, 0.1) is 11.3 Å². The maximum atomic E-state index is 10.5. The summed E-state index contributed by atoms with van der Waals surface area (Å²) in [4.78, 5) is 4.48. The van der Waals surface area contributed by atoms with Gasteiger partial charge in [0.25, 0.3) is 0 Å². The molecule has 122 valence electrons. The summed E-state index contributed by atoms with van der Waals surface area (Å²) < 4.78 is 1.88. The molecule has 0 aliphatic carbocycles. The quantitative estimate of drug-likeness (QED) is 0.861. The maximum Gasteiger partial charge on any atom is 0.155 e. The van der Waals surface area contributed by atoms with E-state index in [0.717, 1.165) is 29.0 Å². The molecule has 0 aliphatic rings. The molecule has 5 heteroatoms. The van der Waals surface area contributed by atoms with Crippen LogP contribution in [0.25, 0.3) is 5.65 Å². The van der Waals surface area contributed by atoms with E-state index in [0.29, 0.717) is 6.54 Å². The summed E-state index contributed by atoms with van der Waals surface area (Å²) in [5.41, 5.74) is 3.32. The number of hydrogen-bond acceptors (Lipinski definition) is 4. The second kappa shape index (κ2) is 6.34. The molecule has 0 aliphatic heterocycles. The number of nitrogens with zero attached hydrogens (tertiary/aromatic N) is 3. The number of nitrogens with one attached hydrogen (secondary N) is 1. The molecule has 3 atom stereocenters. The van der Waals surface area contributed by atoms with Gasteiger partial charge in [0.1, 0.15) is 0 Å². The van der Waals surface area contributed by atoms with Crippen LogP contribution in [0.3, 0.4) is 0 Å². The molecule has 0 spiro atoms. The molecule has 2 rings (SSSR count). The van der Waals surface area contributed by atoms with Gasteiger partial charge in [-0.05, 0) is 33.6 Å². The van der Waals surface area contributed by atoms with Gasteiger partial charge in [-0.2, -0.15) is 5.10 Å². The van der Waals surface area contributed by atoms with Crippen molar-refractivity contribution in [1.29, 1.82) is 0 Å². The Morgan fingerprint density at radius 3 is 2.68 bits per heavy atom. The van der Waals surface area contributed by atoms with E-state index in [1.165, 1.54) is 0 Å². The number of hydrogen-bond donors (Lipinski definition) is 2. The van der Waals surface area contributed by atoms with Crippen molar-refractivity contribution in [1.82, 2.24) is 19.9 Å². The predicted molar refractivity (Wildman–Crippen MR) is 89.0 cm³/mol. The van der Waals surface area contributed by atoms with Gasteiger partial charge in [0.15, 0.2) is 5.65 Å². The molecule has 0 fully saturated rings. The average molecular weight is 304 g/mol. The summed E-state index contributed by atoms with van der Waals surface area (Å²) in [5.74, 6) is 0.252. The van der Waals surface area contributed by atoms with Crippen LogP contribution in [-0.2, 0) is 0 Å². The fourth-order valence-corrected chi connectivity index (χ4v) is 2.68. The van der Waals surface area contributed by atoms with E-state index in [1.807, 2.05) is 30.6 Å². The van der Waals surface area contributed by atoms with Crippen LogP contribution in [0.15, 0.2) is 12.3 Å². The van der Waals surface area contributed by atoms with Crippen LogP contribution in [0.5, 0.6) is 0 Å². The molecule has 0 saturated carbocycles. The highest BCUT2D eigenvalue weighted by Gasteiger charge is 2.27. The van der Waals surface area contributed by atoms with E-state index >= 15 is 0 Å². The maximum absolute atomic E-state index is 10.5. The van der Waals surface area contributed by atoms with Gasteiger partial charge >= 0.3 is 0 Å². The van der Waals surface area contributed by atoms with Gasteiger partial charge in [-0.25, -0.2) is 9.50 Å². The van der Waals surface area contributed by atoms with Crippen molar-refractivity contribution < 1.29 is 5.11 Å². The third-order valence-electron chi connectivity index (χ3n) is 4.79. The Balaban J connectivity index is 2.16. The molecule has 5 nitrogen and oxygen atoms in total.